The molecule has 0 heterocycles. The Hall–Kier alpha value is -0.590. The summed E-state index contributed by atoms with van der Waals surface area (Å²) in [5.74, 6) is 0. The second-order valence-electron chi connectivity index (χ2n) is 4.00. The molecule has 0 bridgehead atoms. The van der Waals surface area contributed by atoms with Crippen LogP contribution in [0.3, 0.4) is 0 Å². The summed E-state index contributed by atoms with van der Waals surface area (Å²) in [4.78, 5) is 0.0281. The minimum absolute atomic E-state index is 0.0281. The van der Waals surface area contributed by atoms with Crippen molar-refractivity contribution in [3.63, 3.8) is 0 Å². The molecule has 0 radical (unpaired) electrons. The van der Waals surface area contributed by atoms with Crippen molar-refractivity contribution < 1.29 is 8.42 Å². The quantitative estimate of drug-likeness (QED) is 0.817. The molecule has 0 spiro atoms. The maximum Gasteiger partial charge on any atom is 0.242 e. The second-order valence-corrected chi connectivity index (χ2v) is 6.49. The number of nitrogens with two attached hydrogens (primary N) is 1. The van der Waals surface area contributed by atoms with E-state index < -0.39 is 10.0 Å². The fourth-order valence-electron chi connectivity index (χ4n) is 1.54. The van der Waals surface area contributed by atoms with Gasteiger partial charge < -0.3 is 5.73 Å². The fourth-order valence-corrected chi connectivity index (χ4v) is 3.73. The van der Waals surface area contributed by atoms with E-state index in [9.17, 15) is 8.42 Å². The van der Waals surface area contributed by atoms with Gasteiger partial charge in [-0.05, 0) is 31.0 Å². The average molecular weight is 323 g/mol. The Morgan fingerprint density at radius 3 is 2.53 bits per heavy atom. The van der Waals surface area contributed by atoms with Crippen LogP contribution in [-0.2, 0) is 10.0 Å². The smallest absolute Gasteiger partial charge is 0.242 e. The van der Waals surface area contributed by atoms with Gasteiger partial charge >= 0.3 is 0 Å². The van der Waals surface area contributed by atoms with E-state index in [-0.39, 0.29) is 16.5 Å². The predicted molar refractivity (Wildman–Crippen MR) is 79.3 cm³/mol. The number of hydrogen-bond donors (Lipinski definition) is 2. The molecule has 19 heavy (non-hydrogen) atoms. The van der Waals surface area contributed by atoms with Crippen molar-refractivity contribution in [3.05, 3.63) is 39.4 Å². The van der Waals surface area contributed by atoms with Crippen LogP contribution in [-0.4, -0.2) is 21.5 Å². The molecule has 3 N–H and O–H groups in total. The third kappa shape index (κ3) is 3.94. The molecule has 1 rings (SSSR count). The monoisotopic (exact) mass is 322 g/mol. The Balaban J connectivity index is 3.18. The van der Waals surface area contributed by atoms with Crippen LogP contribution in [0.1, 0.15) is 11.1 Å². The summed E-state index contributed by atoms with van der Waals surface area (Å²) >= 11 is 12.1. The van der Waals surface area contributed by atoms with Crippen LogP contribution < -0.4 is 10.5 Å². The normalized spacial score (nSPS) is 12.3. The molecule has 0 amide bonds. The highest BCUT2D eigenvalue weighted by molar-refractivity contribution is 7.89. The lowest BCUT2D eigenvalue weighted by Crippen LogP contribution is -2.25. The molecular formula is C12H16Cl2N2O2S. The third-order valence-electron chi connectivity index (χ3n) is 2.55. The minimum Gasteiger partial charge on any atom is -0.327 e. The molecule has 0 atom stereocenters. The Bertz CT molecular complexity index is 572. The lowest BCUT2D eigenvalue weighted by molar-refractivity contribution is 0.585. The molecule has 106 valence electrons. The average Bonchev–Trinajstić information content (AvgIpc) is 2.32. The molecule has 0 aliphatic carbocycles. The van der Waals surface area contributed by atoms with Gasteiger partial charge in [-0.25, -0.2) is 13.1 Å². The molecule has 0 unspecified atom stereocenters. The zero-order valence-electron chi connectivity index (χ0n) is 10.7. The lowest BCUT2D eigenvalue weighted by atomic mass is 10.2. The maximum atomic E-state index is 12.2. The maximum absolute atomic E-state index is 12.2. The van der Waals surface area contributed by atoms with Crippen molar-refractivity contribution in [2.24, 2.45) is 5.73 Å². The van der Waals surface area contributed by atoms with Gasteiger partial charge in [0.1, 0.15) is 4.90 Å². The van der Waals surface area contributed by atoms with Gasteiger partial charge in [-0.1, -0.05) is 35.4 Å². The summed E-state index contributed by atoms with van der Waals surface area (Å²) in [6.07, 6.45) is 3.30. The van der Waals surface area contributed by atoms with Crippen LogP contribution in [0.5, 0.6) is 0 Å². The van der Waals surface area contributed by atoms with E-state index >= 15 is 0 Å². The molecular weight excluding hydrogens is 307 g/mol. The summed E-state index contributed by atoms with van der Waals surface area (Å²) in [7, 11) is -3.71. The highest BCUT2D eigenvalue weighted by Crippen LogP contribution is 2.33. The van der Waals surface area contributed by atoms with Gasteiger partial charge in [0.2, 0.25) is 10.0 Å². The van der Waals surface area contributed by atoms with Crippen LogP contribution in [0.15, 0.2) is 23.1 Å². The van der Waals surface area contributed by atoms with Crippen LogP contribution in [0.25, 0.3) is 0 Å². The molecule has 4 nitrogen and oxygen atoms in total. The zero-order valence-corrected chi connectivity index (χ0v) is 13.0. The molecule has 7 heteroatoms. The zero-order chi connectivity index (χ0) is 14.6. The van der Waals surface area contributed by atoms with Crippen LogP contribution in [0.4, 0.5) is 0 Å². The summed E-state index contributed by atoms with van der Waals surface area (Å²) in [6.45, 7) is 3.84. The Kier molecular flexibility index (Phi) is 5.82. The van der Waals surface area contributed by atoms with E-state index in [0.717, 1.165) is 0 Å². The largest absolute Gasteiger partial charge is 0.327 e. The number of hydrogen-bond acceptors (Lipinski definition) is 3. The van der Waals surface area contributed by atoms with Crippen molar-refractivity contribution in [1.29, 1.82) is 0 Å². The summed E-state index contributed by atoms with van der Waals surface area (Å²) in [5.41, 5.74) is 6.33. The number of benzene rings is 1. The standard InChI is InChI=1S/C12H16Cl2N2O2S/c1-8-7-10(13)9(2)12(11(8)14)19(17,18)16-6-4-3-5-15/h3-4,7,16H,5-6,15H2,1-2H3/b4-3+. The first-order chi connectivity index (χ1) is 8.81. The molecule has 0 aliphatic rings. The van der Waals surface area contributed by atoms with Crippen molar-refractivity contribution in [2.45, 2.75) is 18.7 Å². The minimum atomic E-state index is -3.71. The van der Waals surface area contributed by atoms with Gasteiger partial charge in [-0.3, -0.25) is 0 Å². The molecule has 1 aromatic rings. The molecule has 0 aliphatic heterocycles. The summed E-state index contributed by atoms with van der Waals surface area (Å²) < 4.78 is 26.9. The van der Waals surface area contributed by atoms with Crippen molar-refractivity contribution in [1.82, 2.24) is 4.72 Å². The van der Waals surface area contributed by atoms with Gasteiger partial charge in [0.15, 0.2) is 0 Å². The third-order valence-corrected chi connectivity index (χ3v) is 5.14. The van der Waals surface area contributed by atoms with Gasteiger partial charge in [-0.15, -0.1) is 0 Å². The molecule has 0 fully saturated rings. The Morgan fingerprint density at radius 2 is 1.95 bits per heavy atom. The SMILES string of the molecule is Cc1cc(Cl)c(C)c(S(=O)(=O)NC/C=C/CN)c1Cl. The molecule has 0 saturated heterocycles. The topological polar surface area (TPSA) is 72.2 Å². The summed E-state index contributed by atoms with van der Waals surface area (Å²) in [6, 6.07) is 1.65. The highest BCUT2D eigenvalue weighted by atomic mass is 35.5. The molecule has 1 aromatic carbocycles. The van der Waals surface area contributed by atoms with E-state index in [2.05, 4.69) is 4.72 Å². The Morgan fingerprint density at radius 1 is 1.32 bits per heavy atom. The van der Waals surface area contributed by atoms with Gasteiger partial charge in [0.25, 0.3) is 0 Å². The van der Waals surface area contributed by atoms with Crippen molar-refractivity contribution in [2.75, 3.05) is 13.1 Å². The first-order valence-corrected chi connectivity index (χ1v) is 7.85. The van der Waals surface area contributed by atoms with Gasteiger partial charge in [0.05, 0.1) is 5.02 Å². The number of sulfonamides is 1. The van der Waals surface area contributed by atoms with Crippen LogP contribution >= 0.6 is 23.2 Å². The lowest BCUT2D eigenvalue weighted by Gasteiger charge is -2.13. The Labute approximate surface area is 123 Å². The highest BCUT2D eigenvalue weighted by Gasteiger charge is 2.23. The molecule has 0 aromatic heterocycles. The number of rotatable bonds is 5. The number of nitrogens with one attached hydrogen (secondary N) is 1. The first-order valence-electron chi connectivity index (χ1n) is 5.61. The van der Waals surface area contributed by atoms with Crippen molar-refractivity contribution in [3.8, 4) is 0 Å². The van der Waals surface area contributed by atoms with Crippen LogP contribution in [0.2, 0.25) is 10.0 Å². The number of aryl methyl sites for hydroxylation is 1. The predicted octanol–water partition coefficient (Wildman–Crippen LogP) is 2.40. The van der Waals surface area contributed by atoms with Crippen molar-refractivity contribution >= 4 is 33.2 Å². The van der Waals surface area contributed by atoms with E-state index in [0.29, 0.717) is 22.7 Å². The van der Waals surface area contributed by atoms with Crippen LogP contribution in [0, 0.1) is 13.8 Å². The summed E-state index contributed by atoms with van der Waals surface area (Å²) in [5, 5.41) is 0.567. The van der Waals surface area contributed by atoms with Gasteiger partial charge in [0, 0.05) is 18.1 Å². The van der Waals surface area contributed by atoms with E-state index in [1.807, 2.05) is 0 Å². The first kappa shape index (κ1) is 16.5. The van der Waals surface area contributed by atoms with E-state index in [1.54, 1.807) is 32.1 Å². The van der Waals surface area contributed by atoms with E-state index in [1.165, 1.54) is 0 Å². The number of halogens is 2. The molecule has 0 saturated carbocycles. The van der Waals surface area contributed by atoms with Gasteiger partial charge in [-0.2, -0.15) is 0 Å². The fraction of sp³-hybridized carbons (Fsp3) is 0.333. The second kappa shape index (κ2) is 6.72. The van der Waals surface area contributed by atoms with E-state index in [4.69, 9.17) is 28.9 Å².